The van der Waals surface area contributed by atoms with Gasteiger partial charge in [-0.25, -0.2) is 0 Å². The van der Waals surface area contributed by atoms with Crippen LogP contribution in [0.3, 0.4) is 0 Å². The van der Waals surface area contributed by atoms with Crippen LogP contribution in [0.1, 0.15) is 27.9 Å². The molecule has 3 rings (SSSR count). The summed E-state index contributed by atoms with van der Waals surface area (Å²) in [6.45, 7) is 4.13. The minimum atomic E-state index is -3.22. The van der Waals surface area contributed by atoms with Gasteiger partial charge in [0.25, 0.3) is 0 Å². The summed E-state index contributed by atoms with van der Waals surface area (Å²) in [4.78, 5) is 0. The van der Waals surface area contributed by atoms with Crippen molar-refractivity contribution in [3.63, 3.8) is 0 Å². The van der Waals surface area contributed by atoms with Gasteiger partial charge in [0.15, 0.2) is 0 Å². The zero-order chi connectivity index (χ0) is 15.2. The molecule has 110 valence electrons. The van der Waals surface area contributed by atoms with Crippen molar-refractivity contribution < 1.29 is 13.6 Å². The van der Waals surface area contributed by atoms with E-state index < -0.39 is 7.60 Å². The molecule has 0 N–H and O–H groups in total. The van der Waals surface area contributed by atoms with Crippen LogP contribution in [0.15, 0.2) is 36.4 Å². The molecule has 3 nitrogen and oxygen atoms in total. The van der Waals surface area contributed by atoms with Gasteiger partial charge >= 0.3 is 7.60 Å². The number of hydrogen-bond acceptors (Lipinski definition) is 3. The van der Waals surface area contributed by atoms with Crippen molar-refractivity contribution in [2.75, 3.05) is 14.2 Å². The molecule has 0 heterocycles. The van der Waals surface area contributed by atoms with Crippen LogP contribution in [0.25, 0.3) is 11.1 Å². The van der Waals surface area contributed by atoms with E-state index in [0.717, 1.165) is 22.3 Å². The number of hydrogen-bond donors (Lipinski definition) is 0. The Hall–Kier alpha value is -1.41. The molecule has 2 aromatic rings. The Kier molecular flexibility index (Phi) is 3.53. The molecule has 0 saturated heterocycles. The van der Waals surface area contributed by atoms with E-state index in [2.05, 4.69) is 26.0 Å². The molecule has 0 radical (unpaired) electrons. The van der Waals surface area contributed by atoms with Crippen LogP contribution in [0.2, 0.25) is 0 Å². The smallest absolute Gasteiger partial charge is 0.311 e. The van der Waals surface area contributed by atoms with Crippen molar-refractivity contribution in [3.05, 3.63) is 58.7 Å². The molecule has 2 aromatic carbocycles. The van der Waals surface area contributed by atoms with Gasteiger partial charge in [-0.15, -0.1) is 0 Å². The van der Waals surface area contributed by atoms with Crippen LogP contribution < -0.4 is 0 Å². The third-order valence-corrected chi connectivity index (χ3v) is 6.33. The van der Waals surface area contributed by atoms with Gasteiger partial charge in [-0.05, 0) is 36.1 Å². The second kappa shape index (κ2) is 5.10. The van der Waals surface area contributed by atoms with Crippen molar-refractivity contribution in [2.24, 2.45) is 0 Å². The molecule has 0 atom stereocenters. The van der Waals surface area contributed by atoms with Gasteiger partial charge < -0.3 is 9.05 Å². The van der Waals surface area contributed by atoms with Crippen molar-refractivity contribution in [3.8, 4) is 11.1 Å². The highest BCUT2D eigenvalue weighted by atomic mass is 31.2. The van der Waals surface area contributed by atoms with Crippen molar-refractivity contribution in [2.45, 2.75) is 19.5 Å². The molecule has 21 heavy (non-hydrogen) atoms. The lowest BCUT2D eigenvalue weighted by atomic mass is 10.0. The molecular formula is C17H19O3P. The Morgan fingerprint density at radius 2 is 1.29 bits per heavy atom. The molecule has 0 unspecified atom stereocenters. The van der Waals surface area contributed by atoms with Gasteiger partial charge in [0.1, 0.15) is 5.66 Å². The minimum Gasteiger partial charge on any atom is -0.311 e. The van der Waals surface area contributed by atoms with Crippen molar-refractivity contribution in [1.29, 1.82) is 0 Å². The molecule has 0 spiro atoms. The maximum absolute atomic E-state index is 13.0. The van der Waals surface area contributed by atoms with Gasteiger partial charge in [0.2, 0.25) is 0 Å². The highest BCUT2D eigenvalue weighted by Gasteiger charge is 2.43. The van der Waals surface area contributed by atoms with Crippen LogP contribution in [-0.4, -0.2) is 14.2 Å². The van der Waals surface area contributed by atoms with Crippen molar-refractivity contribution >= 4 is 7.60 Å². The van der Waals surface area contributed by atoms with Crippen LogP contribution in [0, 0.1) is 13.8 Å². The highest BCUT2D eigenvalue weighted by molar-refractivity contribution is 7.54. The zero-order valence-corrected chi connectivity index (χ0v) is 13.6. The predicted molar refractivity (Wildman–Crippen MR) is 84.8 cm³/mol. The molecule has 4 heteroatoms. The lowest BCUT2D eigenvalue weighted by Gasteiger charge is -2.22. The Balaban J connectivity index is 2.32. The number of fused-ring (bicyclic) bond motifs is 3. The first-order valence-corrected chi connectivity index (χ1v) is 8.54. The molecule has 0 aromatic heterocycles. The first-order chi connectivity index (χ1) is 10.00. The van der Waals surface area contributed by atoms with E-state index in [1.165, 1.54) is 25.3 Å². The lowest BCUT2D eigenvalue weighted by molar-refractivity contribution is 0.270. The quantitative estimate of drug-likeness (QED) is 0.760. The SMILES string of the molecule is COP(=O)(OC)C1c2ccc(C)cc2-c2cc(C)ccc21. The molecule has 0 aliphatic heterocycles. The van der Waals surface area contributed by atoms with E-state index in [1.807, 2.05) is 24.3 Å². The largest absolute Gasteiger partial charge is 0.341 e. The Morgan fingerprint density at radius 3 is 1.67 bits per heavy atom. The van der Waals surface area contributed by atoms with Gasteiger partial charge in [0.05, 0.1) is 0 Å². The van der Waals surface area contributed by atoms with Crippen molar-refractivity contribution in [1.82, 2.24) is 0 Å². The molecule has 0 saturated carbocycles. The molecule has 0 amide bonds. The zero-order valence-electron chi connectivity index (χ0n) is 12.7. The summed E-state index contributed by atoms with van der Waals surface area (Å²) in [6.07, 6.45) is 0. The van der Waals surface area contributed by atoms with E-state index in [-0.39, 0.29) is 5.66 Å². The number of rotatable bonds is 3. The second-order valence-electron chi connectivity index (χ2n) is 5.49. The maximum atomic E-state index is 13.0. The third-order valence-electron chi connectivity index (χ3n) is 4.12. The Labute approximate surface area is 125 Å². The summed E-state index contributed by atoms with van der Waals surface area (Å²) >= 11 is 0. The predicted octanol–water partition coefficient (Wildman–Crippen LogP) is 4.86. The van der Waals surface area contributed by atoms with Gasteiger partial charge in [-0.2, -0.15) is 0 Å². The molecular weight excluding hydrogens is 283 g/mol. The minimum absolute atomic E-state index is 0.348. The molecule has 0 fully saturated rings. The van der Waals surface area contributed by atoms with Crippen LogP contribution in [-0.2, 0) is 13.6 Å². The normalized spacial score (nSPS) is 14.1. The summed E-state index contributed by atoms with van der Waals surface area (Å²) in [5, 5.41) is 0. The summed E-state index contributed by atoms with van der Waals surface area (Å²) in [5.41, 5.74) is 6.33. The average molecular weight is 302 g/mol. The fraction of sp³-hybridized carbons (Fsp3) is 0.294. The Bertz CT molecular complexity index is 692. The van der Waals surface area contributed by atoms with Crippen LogP contribution in [0.5, 0.6) is 0 Å². The fourth-order valence-electron chi connectivity index (χ4n) is 3.08. The van der Waals surface area contributed by atoms with Gasteiger partial charge in [0, 0.05) is 14.2 Å². The topological polar surface area (TPSA) is 35.5 Å². The van der Waals surface area contributed by atoms with E-state index in [1.54, 1.807) is 0 Å². The van der Waals surface area contributed by atoms with Crippen LogP contribution >= 0.6 is 7.60 Å². The fourth-order valence-corrected chi connectivity index (χ4v) is 4.78. The summed E-state index contributed by atoms with van der Waals surface area (Å²) in [7, 11) is -0.326. The molecule has 0 bridgehead atoms. The molecule has 1 aliphatic carbocycles. The van der Waals surface area contributed by atoms with Gasteiger partial charge in [-0.1, -0.05) is 47.5 Å². The van der Waals surface area contributed by atoms with E-state index >= 15 is 0 Å². The summed E-state index contributed by atoms with van der Waals surface area (Å²) in [5.74, 6) is 0. The first kappa shape index (κ1) is 14.5. The summed E-state index contributed by atoms with van der Waals surface area (Å²) < 4.78 is 23.6. The van der Waals surface area contributed by atoms with E-state index in [4.69, 9.17) is 9.05 Å². The van der Waals surface area contributed by atoms with Crippen LogP contribution in [0.4, 0.5) is 0 Å². The molecule has 1 aliphatic rings. The Morgan fingerprint density at radius 1 is 0.857 bits per heavy atom. The first-order valence-electron chi connectivity index (χ1n) is 6.93. The van der Waals surface area contributed by atoms with E-state index in [9.17, 15) is 4.57 Å². The lowest BCUT2D eigenvalue weighted by Crippen LogP contribution is -2.02. The standard InChI is InChI=1S/C17H19O3P/c1-11-5-7-13-15(9-11)16-10-12(2)6-8-14(16)17(13)21(18,19-3)20-4/h5-10,17H,1-4H3. The highest BCUT2D eigenvalue weighted by Crippen LogP contribution is 2.67. The van der Waals surface area contributed by atoms with Gasteiger partial charge in [-0.3, -0.25) is 4.57 Å². The number of benzene rings is 2. The summed E-state index contributed by atoms with van der Waals surface area (Å²) in [6, 6.07) is 12.4. The third kappa shape index (κ3) is 2.17. The maximum Gasteiger partial charge on any atom is 0.341 e. The second-order valence-corrected chi connectivity index (χ2v) is 7.82. The monoisotopic (exact) mass is 302 g/mol. The van der Waals surface area contributed by atoms with E-state index in [0.29, 0.717) is 0 Å². The number of aryl methyl sites for hydroxylation is 2. The average Bonchev–Trinajstić information content (AvgIpc) is 2.80.